The van der Waals surface area contributed by atoms with E-state index in [1.165, 1.54) is 6.92 Å². The van der Waals surface area contributed by atoms with E-state index in [-0.39, 0.29) is 12.4 Å². The Bertz CT molecular complexity index is 363. The van der Waals surface area contributed by atoms with Crippen LogP contribution in [0, 0.1) is 0 Å². The summed E-state index contributed by atoms with van der Waals surface area (Å²) in [6, 6.07) is 2.05. The van der Waals surface area contributed by atoms with Gasteiger partial charge in [0.15, 0.2) is 0 Å². The molecular weight excluding hydrogens is 237 g/mol. The molecule has 1 atom stereocenters. The van der Waals surface area contributed by atoms with Gasteiger partial charge in [0, 0.05) is 12.7 Å². The average molecular weight is 250 g/mol. The largest absolute Gasteiger partial charge is 0.417 e. The summed E-state index contributed by atoms with van der Waals surface area (Å²) in [5.74, 6) is 0.201. The predicted octanol–water partition coefficient (Wildman–Crippen LogP) is 1.26. The number of hydrogen-bond acceptors (Lipinski definition) is 4. The van der Waals surface area contributed by atoms with E-state index in [1.54, 1.807) is 0 Å². The third kappa shape index (κ3) is 4.20. The monoisotopic (exact) mass is 250 g/mol. The zero-order valence-electron chi connectivity index (χ0n) is 9.12. The summed E-state index contributed by atoms with van der Waals surface area (Å²) in [5.41, 5.74) is -2.18. The van der Waals surface area contributed by atoms with E-state index in [9.17, 15) is 18.3 Å². The molecular formula is C10H13F3N2O2. The first kappa shape index (κ1) is 13.7. The summed E-state index contributed by atoms with van der Waals surface area (Å²) in [6.45, 7) is 0.923. The SMILES string of the molecule is CC(O)(CO)CNc1ccc(C(F)(F)F)cn1. The Morgan fingerprint density at radius 2 is 2.00 bits per heavy atom. The summed E-state index contributed by atoms with van der Waals surface area (Å²) in [7, 11) is 0. The molecule has 0 fully saturated rings. The van der Waals surface area contributed by atoms with Crippen LogP contribution in [0.1, 0.15) is 12.5 Å². The Balaban J connectivity index is 2.64. The molecule has 0 aliphatic heterocycles. The molecule has 0 saturated heterocycles. The van der Waals surface area contributed by atoms with Gasteiger partial charge in [0.2, 0.25) is 0 Å². The molecule has 0 aromatic carbocycles. The van der Waals surface area contributed by atoms with Gasteiger partial charge < -0.3 is 15.5 Å². The molecule has 4 nitrogen and oxygen atoms in total. The van der Waals surface area contributed by atoms with Crippen molar-refractivity contribution in [2.24, 2.45) is 0 Å². The van der Waals surface area contributed by atoms with E-state index >= 15 is 0 Å². The second-order valence-electron chi connectivity index (χ2n) is 3.94. The number of alkyl halides is 3. The van der Waals surface area contributed by atoms with Gasteiger partial charge in [0.25, 0.3) is 0 Å². The number of pyridine rings is 1. The predicted molar refractivity (Wildman–Crippen MR) is 55.4 cm³/mol. The van der Waals surface area contributed by atoms with E-state index in [0.717, 1.165) is 12.1 Å². The minimum atomic E-state index is -4.41. The molecule has 0 aliphatic rings. The van der Waals surface area contributed by atoms with Crippen LogP contribution in [0.4, 0.5) is 19.0 Å². The Morgan fingerprint density at radius 3 is 2.41 bits per heavy atom. The summed E-state index contributed by atoms with van der Waals surface area (Å²) >= 11 is 0. The van der Waals surface area contributed by atoms with Gasteiger partial charge in [-0.3, -0.25) is 0 Å². The van der Waals surface area contributed by atoms with E-state index in [0.29, 0.717) is 6.20 Å². The lowest BCUT2D eigenvalue weighted by Crippen LogP contribution is -2.37. The van der Waals surface area contributed by atoms with Crippen LogP contribution >= 0.6 is 0 Å². The van der Waals surface area contributed by atoms with Crippen molar-refractivity contribution in [3.05, 3.63) is 23.9 Å². The third-order valence-corrected chi connectivity index (χ3v) is 2.08. The number of aliphatic hydroxyl groups is 2. The first-order chi connectivity index (χ1) is 7.74. The minimum Gasteiger partial charge on any atom is -0.393 e. The molecule has 7 heteroatoms. The van der Waals surface area contributed by atoms with Gasteiger partial charge in [0.05, 0.1) is 12.2 Å². The zero-order valence-corrected chi connectivity index (χ0v) is 9.12. The highest BCUT2D eigenvalue weighted by Crippen LogP contribution is 2.28. The highest BCUT2D eigenvalue weighted by atomic mass is 19.4. The smallest absolute Gasteiger partial charge is 0.393 e. The molecule has 17 heavy (non-hydrogen) atoms. The fourth-order valence-electron chi connectivity index (χ4n) is 1.00. The maximum atomic E-state index is 12.2. The van der Waals surface area contributed by atoms with Crippen molar-refractivity contribution in [2.45, 2.75) is 18.7 Å². The number of nitrogens with zero attached hydrogens (tertiary/aromatic N) is 1. The quantitative estimate of drug-likeness (QED) is 0.752. The second kappa shape index (κ2) is 4.89. The van der Waals surface area contributed by atoms with Crippen molar-refractivity contribution in [2.75, 3.05) is 18.5 Å². The van der Waals surface area contributed by atoms with Crippen LogP contribution in [0.15, 0.2) is 18.3 Å². The van der Waals surface area contributed by atoms with Crippen LogP contribution in [-0.2, 0) is 6.18 Å². The molecule has 1 aromatic heterocycles. The zero-order chi connectivity index (χ0) is 13.1. The lowest BCUT2D eigenvalue weighted by Gasteiger charge is -2.20. The summed E-state index contributed by atoms with van der Waals surface area (Å²) in [4.78, 5) is 3.56. The van der Waals surface area contributed by atoms with Crippen LogP contribution in [0.5, 0.6) is 0 Å². The number of anilines is 1. The number of hydrogen-bond donors (Lipinski definition) is 3. The van der Waals surface area contributed by atoms with Gasteiger partial charge in [-0.25, -0.2) is 4.98 Å². The molecule has 96 valence electrons. The Hall–Kier alpha value is -1.34. The molecule has 0 spiro atoms. The van der Waals surface area contributed by atoms with Crippen LogP contribution in [-0.4, -0.2) is 33.9 Å². The Kier molecular flexibility index (Phi) is 3.94. The first-order valence-electron chi connectivity index (χ1n) is 4.85. The minimum absolute atomic E-state index is 0.0120. The molecule has 1 rings (SSSR count). The van der Waals surface area contributed by atoms with Gasteiger partial charge in [0.1, 0.15) is 11.4 Å². The molecule has 0 amide bonds. The van der Waals surface area contributed by atoms with Crippen molar-refractivity contribution >= 4 is 5.82 Å². The van der Waals surface area contributed by atoms with Crippen molar-refractivity contribution in [1.29, 1.82) is 0 Å². The Labute approximate surface area is 96.1 Å². The normalized spacial score (nSPS) is 15.4. The molecule has 0 bridgehead atoms. The molecule has 3 N–H and O–H groups in total. The fourth-order valence-corrected chi connectivity index (χ4v) is 1.00. The highest BCUT2D eigenvalue weighted by Gasteiger charge is 2.30. The summed E-state index contributed by atoms with van der Waals surface area (Å²) in [6.07, 6.45) is -3.71. The number of rotatable bonds is 4. The van der Waals surface area contributed by atoms with Crippen molar-refractivity contribution < 1.29 is 23.4 Å². The third-order valence-electron chi connectivity index (χ3n) is 2.08. The lowest BCUT2D eigenvalue weighted by molar-refractivity contribution is -0.137. The topological polar surface area (TPSA) is 65.4 Å². The maximum absolute atomic E-state index is 12.2. The van der Waals surface area contributed by atoms with Gasteiger partial charge in [-0.05, 0) is 19.1 Å². The number of aliphatic hydroxyl groups excluding tert-OH is 1. The Morgan fingerprint density at radius 1 is 1.35 bits per heavy atom. The van der Waals surface area contributed by atoms with Crippen LogP contribution in [0.2, 0.25) is 0 Å². The molecule has 0 radical (unpaired) electrons. The number of nitrogens with one attached hydrogen (secondary N) is 1. The van der Waals surface area contributed by atoms with Crippen molar-refractivity contribution in [3.63, 3.8) is 0 Å². The molecule has 0 aliphatic carbocycles. The van der Waals surface area contributed by atoms with E-state index in [2.05, 4.69) is 10.3 Å². The summed E-state index contributed by atoms with van der Waals surface area (Å²) in [5, 5.41) is 20.8. The highest BCUT2D eigenvalue weighted by molar-refractivity contribution is 5.36. The molecule has 1 unspecified atom stereocenters. The van der Waals surface area contributed by atoms with Gasteiger partial charge >= 0.3 is 6.18 Å². The lowest BCUT2D eigenvalue weighted by atomic mass is 10.1. The average Bonchev–Trinajstić information content (AvgIpc) is 2.26. The van der Waals surface area contributed by atoms with Gasteiger partial charge in [-0.2, -0.15) is 13.2 Å². The van der Waals surface area contributed by atoms with Crippen LogP contribution < -0.4 is 5.32 Å². The van der Waals surface area contributed by atoms with E-state index in [1.807, 2.05) is 0 Å². The molecule has 0 saturated carbocycles. The standard InChI is InChI=1S/C10H13F3N2O2/c1-9(17,6-16)5-15-8-3-2-7(4-14-8)10(11,12)13/h2-4,16-17H,5-6H2,1H3,(H,14,15). The van der Waals surface area contributed by atoms with E-state index < -0.39 is 23.9 Å². The second-order valence-corrected chi connectivity index (χ2v) is 3.94. The molecule has 1 aromatic rings. The van der Waals surface area contributed by atoms with Crippen molar-refractivity contribution in [1.82, 2.24) is 4.98 Å². The van der Waals surface area contributed by atoms with Gasteiger partial charge in [-0.1, -0.05) is 0 Å². The fraction of sp³-hybridized carbons (Fsp3) is 0.500. The number of halogens is 3. The van der Waals surface area contributed by atoms with Crippen molar-refractivity contribution in [3.8, 4) is 0 Å². The first-order valence-corrected chi connectivity index (χ1v) is 4.85. The summed E-state index contributed by atoms with van der Waals surface area (Å²) < 4.78 is 36.6. The van der Waals surface area contributed by atoms with Crippen LogP contribution in [0.3, 0.4) is 0 Å². The number of aromatic nitrogens is 1. The van der Waals surface area contributed by atoms with Gasteiger partial charge in [-0.15, -0.1) is 0 Å². The van der Waals surface area contributed by atoms with Crippen LogP contribution in [0.25, 0.3) is 0 Å². The maximum Gasteiger partial charge on any atom is 0.417 e. The van der Waals surface area contributed by atoms with E-state index in [4.69, 9.17) is 5.11 Å². The molecule has 1 heterocycles.